The number of hydrogen-bond acceptors (Lipinski definition) is 4. The summed E-state index contributed by atoms with van der Waals surface area (Å²) in [5.41, 5.74) is 3.76. The van der Waals surface area contributed by atoms with Crippen LogP contribution < -0.4 is 15.5 Å². The van der Waals surface area contributed by atoms with Gasteiger partial charge in [0.25, 0.3) is 0 Å². The third kappa shape index (κ3) is 4.75. The van der Waals surface area contributed by atoms with E-state index >= 15 is 0 Å². The number of carbonyl (C=O) groups excluding carboxylic acids is 1. The lowest BCUT2D eigenvalue weighted by Crippen LogP contribution is -2.43. The zero-order chi connectivity index (χ0) is 20.2. The number of halogens is 1. The first kappa shape index (κ1) is 19.4. The predicted molar refractivity (Wildman–Crippen MR) is 121 cm³/mol. The van der Waals surface area contributed by atoms with Gasteiger partial charge in [0.05, 0.1) is 5.52 Å². The van der Waals surface area contributed by atoms with E-state index in [1.54, 1.807) is 18.2 Å². The number of aryl methyl sites for hydroxylation is 1. The third-order valence-corrected chi connectivity index (χ3v) is 5.26. The lowest BCUT2D eigenvalue weighted by molar-refractivity contribution is -0.111. The van der Waals surface area contributed by atoms with Crippen LogP contribution in [0.25, 0.3) is 17.0 Å². The van der Waals surface area contributed by atoms with Gasteiger partial charge in [-0.3, -0.25) is 4.79 Å². The van der Waals surface area contributed by atoms with E-state index in [0.29, 0.717) is 5.02 Å². The van der Waals surface area contributed by atoms with Crippen LogP contribution in [0.3, 0.4) is 0 Å². The van der Waals surface area contributed by atoms with Crippen LogP contribution >= 0.6 is 11.6 Å². The van der Waals surface area contributed by atoms with Crippen molar-refractivity contribution >= 4 is 46.0 Å². The monoisotopic (exact) mass is 406 g/mol. The van der Waals surface area contributed by atoms with Crippen molar-refractivity contribution in [2.45, 2.75) is 6.92 Å². The van der Waals surface area contributed by atoms with Crippen LogP contribution in [-0.4, -0.2) is 37.1 Å². The first-order chi connectivity index (χ1) is 14.1. The highest BCUT2D eigenvalue weighted by atomic mass is 35.5. The van der Waals surface area contributed by atoms with Gasteiger partial charge in [-0.05, 0) is 60.5 Å². The molecule has 1 fully saturated rings. The Morgan fingerprint density at radius 3 is 2.66 bits per heavy atom. The fraction of sp³-hybridized carbons (Fsp3) is 0.217. The van der Waals surface area contributed by atoms with Gasteiger partial charge in [0.15, 0.2) is 0 Å². The second-order valence-electron chi connectivity index (χ2n) is 7.14. The Kier molecular flexibility index (Phi) is 5.79. The summed E-state index contributed by atoms with van der Waals surface area (Å²) in [6.45, 7) is 5.97. The van der Waals surface area contributed by atoms with E-state index in [-0.39, 0.29) is 5.91 Å². The molecule has 0 aliphatic carbocycles. The molecule has 3 aromatic rings. The molecule has 148 valence electrons. The van der Waals surface area contributed by atoms with Crippen molar-refractivity contribution in [2.75, 3.05) is 36.4 Å². The maximum absolute atomic E-state index is 12.3. The van der Waals surface area contributed by atoms with E-state index in [2.05, 4.69) is 28.5 Å². The van der Waals surface area contributed by atoms with Crippen LogP contribution in [0.5, 0.6) is 0 Å². The molecule has 1 aliphatic heterocycles. The van der Waals surface area contributed by atoms with Crippen molar-refractivity contribution in [1.29, 1.82) is 0 Å². The van der Waals surface area contributed by atoms with Crippen molar-refractivity contribution in [3.8, 4) is 0 Å². The Morgan fingerprint density at radius 1 is 1.14 bits per heavy atom. The number of pyridine rings is 1. The predicted octanol–water partition coefficient (Wildman–Crippen LogP) is 4.26. The molecule has 29 heavy (non-hydrogen) atoms. The van der Waals surface area contributed by atoms with Gasteiger partial charge in [-0.25, -0.2) is 4.98 Å². The van der Waals surface area contributed by atoms with E-state index in [1.807, 2.05) is 30.3 Å². The highest BCUT2D eigenvalue weighted by Gasteiger charge is 2.13. The molecule has 5 nitrogen and oxygen atoms in total. The van der Waals surface area contributed by atoms with E-state index in [0.717, 1.165) is 59.7 Å². The minimum atomic E-state index is -0.178. The number of amides is 1. The molecule has 0 radical (unpaired) electrons. The van der Waals surface area contributed by atoms with Gasteiger partial charge in [-0.2, -0.15) is 0 Å². The molecule has 1 saturated heterocycles. The number of carbonyl (C=O) groups is 1. The van der Waals surface area contributed by atoms with Crippen LogP contribution in [0.15, 0.2) is 54.6 Å². The highest BCUT2D eigenvalue weighted by molar-refractivity contribution is 6.30. The van der Waals surface area contributed by atoms with E-state index in [4.69, 9.17) is 16.6 Å². The number of fused-ring (bicyclic) bond motifs is 1. The molecule has 6 heteroatoms. The fourth-order valence-electron chi connectivity index (χ4n) is 3.44. The molecule has 0 unspecified atom stereocenters. The van der Waals surface area contributed by atoms with Gasteiger partial charge < -0.3 is 15.5 Å². The molecule has 1 aromatic heterocycles. The van der Waals surface area contributed by atoms with E-state index in [9.17, 15) is 4.79 Å². The molecule has 0 bridgehead atoms. The van der Waals surface area contributed by atoms with Gasteiger partial charge in [-0.15, -0.1) is 0 Å². The first-order valence-corrected chi connectivity index (χ1v) is 10.1. The summed E-state index contributed by atoms with van der Waals surface area (Å²) in [4.78, 5) is 19.4. The van der Waals surface area contributed by atoms with Crippen LogP contribution in [-0.2, 0) is 4.79 Å². The van der Waals surface area contributed by atoms with Gasteiger partial charge >= 0.3 is 0 Å². The zero-order valence-electron chi connectivity index (χ0n) is 16.3. The maximum Gasteiger partial charge on any atom is 0.248 e. The Morgan fingerprint density at radius 2 is 1.90 bits per heavy atom. The molecule has 0 atom stereocenters. The SMILES string of the molecule is Cc1cc(N2CCNCC2)nc2ccc(NC(=O)C=Cc3ccc(Cl)cc3)cc12. The molecular formula is C23H23ClN4O. The first-order valence-electron chi connectivity index (χ1n) is 9.70. The molecule has 2 heterocycles. The zero-order valence-corrected chi connectivity index (χ0v) is 17.0. The molecule has 0 saturated carbocycles. The Bertz CT molecular complexity index is 1060. The standard InChI is InChI=1S/C23H23ClN4O/c1-16-14-22(28-12-10-25-11-13-28)27-21-8-7-19(15-20(16)21)26-23(29)9-4-17-2-5-18(24)6-3-17/h2-9,14-15,25H,10-13H2,1H3,(H,26,29). The smallest absolute Gasteiger partial charge is 0.248 e. The van der Waals surface area contributed by atoms with E-state index in [1.165, 1.54) is 6.08 Å². The summed E-state index contributed by atoms with van der Waals surface area (Å²) < 4.78 is 0. The number of aromatic nitrogens is 1. The maximum atomic E-state index is 12.3. The molecule has 1 aliphatic rings. The summed E-state index contributed by atoms with van der Waals surface area (Å²) in [6.07, 6.45) is 3.28. The molecule has 4 rings (SSSR count). The second-order valence-corrected chi connectivity index (χ2v) is 7.58. The summed E-state index contributed by atoms with van der Waals surface area (Å²) >= 11 is 5.88. The average molecular weight is 407 g/mol. The van der Waals surface area contributed by atoms with Crippen molar-refractivity contribution in [3.63, 3.8) is 0 Å². The van der Waals surface area contributed by atoms with Crippen molar-refractivity contribution in [1.82, 2.24) is 10.3 Å². The van der Waals surface area contributed by atoms with Gasteiger partial charge in [0.1, 0.15) is 5.82 Å². The molecular weight excluding hydrogens is 384 g/mol. The van der Waals surface area contributed by atoms with Gasteiger partial charge in [-0.1, -0.05) is 23.7 Å². The van der Waals surface area contributed by atoms with Crippen molar-refractivity contribution in [2.24, 2.45) is 0 Å². The second kappa shape index (κ2) is 8.64. The van der Waals surface area contributed by atoms with Crippen LogP contribution in [0, 0.1) is 6.92 Å². The van der Waals surface area contributed by atoms with Gasteiger partial charge in [0.2, 0.25) is 5.91 Å². The third-order valence-electron chi connectivity index (χ3n) is 5.01. The minimum absolute atomic E-state index is 0.178. The lowest BCUT2D eigenvalue weighted by atomic mass is 10.1. The normalized spacial score (nSPS) is 14.5. The Labute approximate surface area is 175 Å². The Balaban J connectivity index is 1.50. The number of nitrogens with zero attached hydrogens (tertiary/aromatic N) is 2. The number of benzene rings is 2. The van der Waals surface area contributed by atoms with Gasteiger partial charge in [0, 0.05) is 48.4 Å². The average Bonchev–Trinajstić information content (AvgIpc) is 2.74. The van der Waals surface area contributed by atoms with Crippen LogP contribution in [0.4, 0.5) is 11.5 Å². The van der Waals surface area contributed by atoms with E-state index < -0.39 is 0 Å². The number of anilines is 2. The lowest BCUT2D eigenvalue weighted by Gasteiger charge is -2.29. The largest absolute Gasteiger partial charge is 0.354 e. The number of nitrogens with one attached hydrogen (secondary N) is 2. The molecule has 0 spiro atoms. The Hall–Kier alpha value is -2.89. The summed E-state index contributed by atoms with van der Waals surface area (Å²) in [6, 6.07) is 15.3. The van der Waals surface area contributed by atoms with Crippen molar-refractivity contribution < 1.29 is 4.79 Å². The number of hydrogen-bond donors (Lipinski definition) is 2. The minimum Gasteiger partial charge on any atom is -0.354 e. The topological polar surface area (TPSA) is 57.3 Å². The molecule has 1 amide bonds. The van der Waals surface area contributed by atoms with Crippen molar-refractivity contribution in [3.05, 3.63) is 70.8 Å². The summed E-state index contributed by atoms with van der Waals surface area (Å²) in [7, 11) is 0. The molecule has 2 aromatic carbocycles. The number of piperazine rings is 1. The fourth-order valence-corrected chi connectivity index (χ4v) is 3.57. The summed E-state index contributed by atoms with van der Waals surface area (Å²) in [5, 5.41) is 8.00. The highest BCUT2D eigenvalue weighted by Crippen LogP contribution is 2.25. The van der Waals surface area contributed by atoms with Crippen LogP contribution in [0.1, 0.15) is 11.1 Å². The van der Waals surface area contributed by atoms with Crippen LogP contribution in [0.2, 0.25) is 5.02 Å². The molecule has 2 N–H and O–H groups in total. The summed E-state index contributed by atoms with van der Waals surface area (Å²) in [5.74, 6) is 0.835. The quantitative estimate of drug-likeness (QED) is 0.636. The number of rotatable bonds is 4.